The average Bonchev–Trinajstić information content (AvgIpc) is 2.84. The molecule has 21 heavy (non-hydrogen) atoms. The Balaban J connectivity index is 1.92. The second kappa shape index (κ2) is 5.17. The number of hydrogen-bond acceptors (Lipinski definition) is 1. The molecule has 0 amide bonds. The third-order valence-electron chi connectivity index (χ3n) is 3.88. The van der Waals surface area contributed by atoms with Crippen LogP contribution < -0.4 is 0 Å². The summed E-state index contributed by atoms with van der Waals surface area (Å²) >= 11 is 0. The molecule has 0 aliphatic rings. The molecule has 0 radical (unpaired) electrons. The Morgan fingerprint density at radius 3 is 2.62 bits per heavy atom. The number of hydrogen-bond donors (Lipinski definition) is 0. The summed E-state index contributed by atoms with van der Waals surface area (Å²) in [6.07, 6.45) is 1.82. The summed E-state index contributed by atoms with van der Waals surface area (Å²) in [4.78, 5) is 12.4. The van der Waals surface area contributed by atoms with Gasteiger partial charge in [-0.05, 0) is 60.7 Å². The van der Waals surface area contributed by atoms with Gasteiger partial charge in [-0.1, -0.05) is 12.1 Å². The van der Waals surface area contributed by atoms with Gasteiger partial charge in [0.2, 0.25) is 0 Å². The molecule has 0 spiro atoms. The van der Waals surface area contributed by atoms with Crippen molar-refractivity contribution < 1.29 is 9.18 Å². The first-order valence-electron chi connectivity index (χ1n) is 6.89. The Labute approximate surface area is 122 Å². The van der Waals surface area contributed by atoms with Crippen molar-refractivity contribution in [2.45, 2.75) is 20.4 Å². The molecule has 106 valence electrons. The zero-order chi connectivity index (χ0) is 15.0. The zero-order valence-electron chi connectivity index (χ0n) is 12.1. The highest BCUT2D eigenvalue weighted by molar-refractivity contribution is 5.97. The Morgan fingerprint density at radius 1 is 1.05 bits per heavy atom. The number of carbonyl (C=O) groups excluding carboxylic acids is 1. The van der Waals surface area contributed by atoms with E-state index in [9.17, 15) is 9.18 Å². The summed E-state index contributed by atoms with van der Waals surface area (Å²) in [7, 11) is 0. The largest absolute Gasteiger partial charge is 0.340 e. The van der Waals surface area contributed by atoms with E-state index in [1.54, 1.807) is 10.6 Å². The van der Waals surface area contributed by atoms with Gasteiger partial charge in [0.05, 0.1) is 12.1 Å². The highest BCUT2D eigenvalue weighted by Gasteiger charge is 2.10. The molecule has 3 heteroatoms. The van der Waals surface area contributed by atoms with Gasteiger partial charge in [0.1, 0.15) is 5.82 Å². The van der Waals surface area contributed by atoms with Crippen LogP contribution in [0.1, 0.15) is 21.5 Å². The quantitative estimate of drug-likeness (QED) is 0.657. The van der Waals surface area contributed by atoms with Crippen molar-refractivity contribution in [1.82, 2.24) is 4.57 Å². The monoisotopic (exact) mass is 281 g/mol. The molecule has 0 N–H and O–H groups in total. The average molecular weight is 281 g/mol. The van der Waals surface area contributed by atoms with E-state index in [2.05, 4.69) is 0 Å². The lowest BCUT2D eigenvalue weighted by atomic mass is 10.0. The molecule has 0 unspecified atom stereocenters. The van der Waals surface area contributed by atoms with E-state index < -0.39 is 0 Å². The van der Waals surface area contributed by atoms with Crippen LogP contribution in [0.4, 0.5) is 4.39 Å². The Kier molecular flexibility index (Phi) is 3.34. The summed E-state index contributed by atoms with van der Waals surface area (Å²) in [5, 5.41) is 0.935. The fourth-order valence-electron chi connectivity index (χ4n) is 2.46. The van der Waals surface area contributed by atoms with Crippen LogP contribution in [-0.4, -0.2) is 10.4 Å². The summed E-state index contributed by atoms with van der Waals surface area (Å²) in [5.41, 5.74) is 3.70. The molecule has 1 aromatic heterocycles. The first kappa shape index (κ1) is 13.6. The summed E-state index contributed by atoms with van der Waals surface area (Å²) in [5.74, 6) is -0.263. The molecule has 0 bridgehead atoms. The number of nitrogens with zero attached hydrogens (tertiary/aromatic N) is 1. The minimum Gasteiger partial charge on any atom is -0.340 e. The van der Waals surface area contributed by atoms with Gasteiger partial charge in [-0.25, -0.2) is 4.39 Å². The van der Waals surface area contributed by atoms with E-state index in [1.165, 1.54) is 17.7 Å². The van der Waals surface area contributed by atoms with E-state index in [-0.39, 0.29) is 18.1 Å². The smallest absolute Gasteiger partial charge is 0.182 e. The van der Waals surface area contributed by atoms with Gasteiger partial charge < -0.3 is 4.57 Å². The molecule has 0 saturated heterocycles. The number of Topliss-reactive ketones (excluding diaryl/α,β-unsaturated/α-hetero) is 1. The summed E-state index contributed by atoms with van der Waals surface area (Å²) in [6, 6.07) is 12.2. The van der Waals surface area contributed by atoms with Crippen LogP contribution >= 0.6 is 0 Å². The van der Waals surface area contributed by atoms with Gasteiger partial charge in [0, 0.05) is 11.8 Å². The fourth-order valence-corrected chi connectivity index (χ4v) is 2.46. The zero-order valence-corrected chi connectivity index (χ0v) is 12.1. The molecule has 0 fully saturated rings. The predicted octanol–water partition coefficient (Wildman–Crippen LogP) is 4.28. The number of ketones is 1. The highest BCUT2D eigenvalue weighted by Crippen LogP contribution is 2.18. The van der Waals surface area contributed by atoms with E-state index in [0.29, 0.717) is 5.56 Å². The molecular formula is C18H16FNO. The van der Waals surface area contributed by atoms with Gasteiger partial charge in [0.25, 0.3) is 0 Å². The lowest BCUT2D eigenvalue weighted by Gasteiger charge is -2.07. The maximum atomic E-state index is 13.4. The topological polar surface area (TPSA) is 22.0 Å². The SMILES string of the molecule is Cc1ccc(C(=O)Cn2ccc3ccc(F)cc32)cc1C. The van der Waals surface area contributed by atoms with E-state index in [0.717, 1.165) is 16.5 Å². The first-order valence-corrected chi connectivity index (χ1v) is 6.89. The van der Waals surface area contributed by atoms with Crippen molar-refractivity contribution in [3.63, 3.8) is 0 Å². The standard InChI is InChI=1S/C18H16FNO/c1-12-3-4-15(9-13(12)2)18(21)11-20-8-7-14-5-6-16(19)10-17(14)20/h3-10H,11H2,1-2H3. The minimum atomic E-state index is -0.291. The number of fused-ring (bicyclic) bond motifs is 1. The fraction of sp³-hybridized carbons (Fsp3) is 0.167. The first-order chi connectivity index (χ1) is 10.0. The van der Waals surface area contributed by atoms with Crippen LogP contribution in [0.5, 0.6) is 0 Å². The molecular weight excluding hydrogens is 265 g/mol. The van der Waals surface area contributed by atoms with Gasteiger partial charge in [-0.2, -0.15) is 0 Å². The van der Waals surface area contributed by atoms with Gasteiger partial charge >= 0.3 is 0 Å². The van der Waals surface area contributed by atoms with Crippen molar-refractivity contribution >= 4 is 16.7 Å². The number of carbonyl (C=O) groups is 1. The number of aromatic nitrogens is 1. The van der Waals surface area contributed by atoms with E-state index in [1.807, 2.05) is 44.3 Å². The molecule has 0 saturated carbocycles. The van der Waals surface area contributed by atoms with E-state index >= 15 is 0 Å². The van der Waals surface area contributed by atoms with Crippen molar-refractivity contribution in [1.29, 1.82) is 0 Å². The second-order valence-corrected chi connectivity index (χ2v) is 5.37. The van der Waals surface area contributed by atoms with Crippen molar-refractivity contribution in [3.8, 4) is 0 Å². The maximum Gasteiger partial charge on any atom is 0.182 e. The summed E-state index contributed by atoms with van der Waals surface area (Å²) in [6.45, 7) is 4.23. The van der Waals surface area contributed by atoms with Crippen LogP contribution in [0.2, 0.25) is 0 Å². The summed E-state index contributed by atoms with van der Waals surface area (Å²) < 4.78 is 15.1. The van der Waals surface area contributed by atoms with Crippen molar-refractivity contribution in [2.75, 3.05) is 0 Å². The third kappa shape index (κ3) is 2.59. The number of aryl methyl sites for hydroxylation is 2. The van der Waals surface area contributed by atoms with Crippen LogP contribution in [0, 0.1) is 19.7 Å². The van der Waals surface area contributed by atoms with Crippen LogP contribution in [0.15, 0.2) is 48.7 Å². The molecule has 3 aromatic rings. The van der Waals surface area contributed by atoms with Gasteiger partial charge in [-0.15, -0.1) is 0 Å². The number of rotatable bonds is 3. The van der Waals surface area contributed by atoms with Crippen LogP contribution in [0.25, 0.3) is 10.9 Å². The van der Waals surface area contributed by atoms with Gasteiger partial charge in [0.15, 0.2) is 5.78 Å². The molecule has 1 heterocycles. The lowest BCUT2D eigenvalue weighted by Crippen LogP contribution is -2.10. The van der Waals surface area contributed by atoms with Crippen LogP contribution in [-0.2, 0) is 6.54 Å². The Bertz CT molecular complexity index is 832. The number of benzene rings is 2. The molecule has 2 nitrogen and oxygen atoms in total. The Morgan fingerprint density at radius 2 is 1.86 bits per heavy atom. The molecule has 3 rings (SSSR count). The maximum absolute atomic E-state index is 13.4. The van der Waals surface area contributed by atoms with Gasteiger partial charge in [-0.3, -0.25) is 4.79 Å². The Hall–Kier alpha value is -2.42. The second-order valence-electron chi connectivity index (χ2n) is 5.37. The predicted molar refractivity (Wildman–Crippen MR) is 82.1 cm³/mol. The van der Waals surface area contributed by atoms with Crippen molar-refractivity contribution in [2.24, 2.45) is 0 Å². The third-order valence-corrected chi connectivity index (χ3v) is 3.88. The van der Waals surface area contributed by atoms with Crippen molar-refractivity contribution in [3.05, 3.63) is 71.2 Å². The van der Waals surface area contributed by atoms with Crippen LogP contribution in [0.3, 0.4) is 0 Å². The molecule has 0 atom stereocenters. The normalized spacial score (nSPS) is 11.0. The highest BCUT2D eigenvalue weighted by atomic mass is 19.1. The lowest BCUT2D eigenvalue weighted by molar-refractivity contribution is 0.0973. The number of halogens is 1. The van der Waals surface area contributed by atoms with E-state index in [4.69, 9.17) is 0 Å². The molecule has 2 aromatic carbocycles. The minimum absolute atomic E-state index is 0.0276. The molecule has 0 aliphatic carbocycles. The molecule has 0 aliphatic heterocycles.